The van der Waals surface area contributed by atoms with Gasteiger partial charge in [0.25, 0.3) is 11.6 Å². The lowest BCUT2D eigenvalue weighted by molar-refractivity contribution is -0.387. The second kappa shape index (κ2) is 12.2. The molecule has 6 rings (SSSR count). The van der Waals surface area contributed by atoms with Crippen molar-refractivity contribution in [2.24, 2.45) is 5.73 Å². The fraction of sp³-hybridized carbons (Fsp3) is 0.267. The van der Waals surface area contributed by atoms with Crippen LogP contribution in [0.15, 0.2) is 77.7 Å². The number of nitro groups is 1. The van der Waals surface area contributed by atoms with Gasteiger partial charge in [-0.3, -0.25) is 19.8 Å². The van der Waals surface area contributed by atoms with Gasteiger partial charge in [-0.1, -0.05) is 18.2 Å². The summed E-state index contributed by atoms with van der Waals surface area (Å²) in [5, 5.41) is 19.6. The molecule has 3 N–H and O–H groups in total. The van der Waals surface area contributed by atoms with E-state index in [1.54, 1.807) is 37.4 Å². The van der Waals surface area contributed by atoms with Crippen molar-refractivity contribution in [1.29, 1.82) is 0 Å². The van der Waals surface area contributed by atoms with Crippen LogP contribution in [0.1, 0.15) is 28.6 Å². The number of nitro benzene ring substituents is 1. The zero-order chi connectivity index (χ0) is 31.7. The number of rotatable bonds is 9. The van der Waals surface area contributed by atoms with Crippen LogP contribution in [-0.4, -0.2) is 78.1 Å². The maximum Gasteiger partial charge on any atom is 0.289 e. The number of carbonyl (C=O) groups excluding carboxylic acids is 1. The minimum atomic E-state index is -4.07. The average molecular weight is 634 g/mol. The van der Waals surface area contributed by atoms with Crippen LogP contribution in [0.5, 0.6) is 17.2 Å². The topological polar surface area (TPSA) is 175 Å². The first kappa shape index (κ1) is 30.1. The van der Waals surface area contributed by atoms with Crippen molar-refractivity contribution in [3.8, 4) is 22.9 Å². The number of piperazine rings is 1. The van der Waals surface area contributed by atoms with E-state index in [0.717, 1.165) is 0 Å². The molecule has 2 aliphatic rings. The number of ether oxygens (including phenoxy) is 2. The highest BCUT2D eigenvalue weighted by Gasteiger charge is 2.38. The van der Waals surface area contributed by atoms with Gasteiger partial charge in [0.05, 0.1) is 29.4 Å². The number of benzene rings is 3. The Morgan fingerprint density at radius 3 is 2.40 bits per heavy atom. The molecule has 1 saturated heterocycles. The van der Waals surface area contributed by atoms with Crippen LogP contribution in [0.2, 0.25) is 0 Å². The molecule has 0 saturated carbocycles. The molecule has 0 radical (unpaired) electrons. The number of nitrogens with one attached hydrogen (secondary N) is 1. The van der Waals surface area contributed by atoms with Gasteiger partial charge in [0.15, 0.2) is 10.6 Å². The van der Waals surface area contributed by atoms with Crippen LogP contribution in [0.25, 0.3) is 5.69 Å². The van der Waals surface area contributed by atoms with Crippen molar-refractivity contribution >= 4 is 27.3 Å². The molecule has 1 atom stereocenters. The molecule has 3 heterocycles. The van der Waals surface area contributed by atoms with Gasteiger partial charge in [0.1, 0.15) is 22.9 Å². The third kappa shape index (κ3) is 5.80. The number of sulfonamides is 1. The summed E-state index contributed by atoms with van der Waals surface area (Å²) in [7, 11) is -2.49. The van der Waals surface area contributed by atoms with E-state index in [1.807, 2.05) is 18.2 Å². The van der Waals surface area contributed by atoms with Crippen LogP contribution in [-0.2, 0) is 10.0 Å². The fourth-order valence-electron chi connectivity index (χ4n) is 5.76. The predicted molar refractivity (Wildman–Crippen MR) is 164 cm³/mol. The van der Waals surface area contributed by atoms with E-state index >= 15 is 0 Å². The number of anilines is 1. The van der Waals surface area contributed by atoms with E-state index in [1.165, 1.54) is 33.3 Å². The minimum absolute atomic E-state index is 0.145. The summed E-state index contributed by atoms with van der Waals surface area (Å²) in [5.41, 5.74) is 7.41. The van der Waals surface area contributed by atoms with Crippen LogP contribution < -0.4 is 20.5 Å². The number of aromatic nitrogens is 2. The third-order valence-corrected chi connectivity index (χ3v) is 9.88. The third-order valence-electron chi connectivity index (χ3n) is 7.93. The zero-order valence-corrected chi connectivity index (χ0v) is 25.1. The Balaban J connectivity index is 1.22. The van der Waals surface area contributed by atoms with Gasteiger partial charge in [0, 0.05) is 44.9 Å². The molecule has 234 valence electrons. The van der Waals surface area contributed by atoms with E-state index in [4.69, 9.17) is 20.3 Å². The molecule has 3 aromatic carbocycles. The first-order valence-electron chi connectivity index (χ1n) is 14.2. The number of para-hydroxylation sites is 1. The smallest absolute Gasteiger partial charge is 0.289 e. The summed E-state index contributed by atoms with van der Waals surface area (Å²) < 4.78 is 40.7. The molecule has 15 heteroatoms. The van der Waals surface area contributed by atoms with Crippen LogP contribution >= 0.6 is 0 Å². The summed E-state index contributed by atoms with van der Waals surface area (Å²) in [4.78, 5) is 25.3. The van der Waals surface area contributed by atoms with E-state index in [2.05, 4.69) is 10.2 Å². The van der Waals surface area contributed by atoms with Gasteiger partial charge in [-0.05, 0) is 48.9 Å². The molecule has 0 unspecified atom stereocenters. The highest BCUT2D eigenvalue weighted by Crippen LogP contribution is 2.38. The van der Waals surface area contributed by atoms with Crippen molar-refractivity contribution in [3.05, 3.63) is 94.3 Å². The highest BCUT2D eigenvalue weighted by atomic mass is 32.2. The molecular weight excluding hydrogens is 602 g/mol. The molecule has 4 aromatic rings. The summed E-state index contributed by atoms with van der Waals surface area (Å²) in [6, 6.07) is 19.5. The Labute approximate surface area is 259 Å². The van der Waals surface area contributed by atoms with Crippen LogP contribution in [0.4, 0.5) is 11.4 Å². The second-order valence-electron chi connectivity index (χ2n) is 10.6. The summed E-state index contributed by atoms with van der Waals surface area (Å²) in [6.07, 6.45) is 0.673. The molecule has 0 bridgehead atoms. The molecular formula is C30H31N7O7S. The molecule has 0 spiro atoms. The maximum absolute atomic E-state index is 13.3. The Morgan fingerprint density at radius 1 is 1.00 bits per heavy atom. The number of hydrogen-bond donors (Lipinski definition) is 2. The second-order valence-corrected chi connectivity index (χ2v) is 12.5. The molecule has 1 amide bonds. The van der Waals surface area contributed by atoms with E-state index in [0.29, 0.717) is 60.4 Å². The molecule has 1 fully saturated rings. The number of carbonyl (C=O) groups is 1. The van der Waals surface area contributed by atoms with Crippen molar-refractivity contribution in [1.82, 2.24) is 19.0 Å². The van der Waals surface area contributed by atoms with Crippen molar-refractivity contribution < 1.29 is 27.6 Å². The normalized spacial score (nSPS) is 17.2. The average Bonchev–Trinajstić information content (AvgIpc) is 3.45. The zero-order valence-electron chi connectivity index (χ0n) is 24.3. The van der Waals surface area contributed by atoms with Gasteiger partial charge in [-0.15, -0.1) is 0 Å². The quantitative estimate of drug-likeness (QED) is 0.205. The van der Waals surface area contributed by atoms with Crippen molar-refractivity contribution in [3.63, 3.8) is 0 Å². The molecule has 45 heavy (non-hydrogen) atoms. The first-order chi connectivity index (χ1) is 21.7. The summed E-state index contributed by atoms with van der Waals surface area (Å²) in [6.45, 7) is 1.60. The number of fused-ring (bicyclic) bond motifs is 1. The SMILES string of the molecule is COc1cccc(Oc2ccc(-n3nc4c(c3C(N)=O)NCC[C@H]4N3CCN(S(=O)(=O)c4ccccc4[N+](=O)[O-])CC3)cc2)c1. The monoisotopic (exact) mass is 633 g/mol. The summed E-state index contributed by atoms with van der Waals surface area (Å²) >= 11 is 0. The fourth-order valence-corrected chi connectivity index (χ4v) is 7.34. The largest absolute Gasteiger partial charge is 0.497 e. The van der Waals surface area contributed by atoms with E-state index in [9.17, 15) is 23.3 Å². The number of hydrogen-bond acceptors (Lipinski definition) is 10. The maximum atomic E-state index is 13.3. The van der Waals surface area contributed by atoms with E-state index < -0.39 is 26.5 Å². The number of nitrogens with two attached hydrogens (primary N) is 1. The Hall–Kier alpha value is -4.99. The Bertz CT molecular complexity index is 1850. The van der Waals surface area contributed by atoms with Crippen LogP contribution in [0.3, 0.4) is 0 Å². The van der Waals surface area contributed by atoms with E-state index in [-0.39, 0.29) is 29.7 Å². The molecule has 0 aliphatic carbocycles. The van der Waals surface area contributed by atoms with Crippen molar-refractivity contribution in [2.75, 3.05) is 45.2 Å². The van der Waals surface area contributed by atoms with Gasteiger partial charge in [-0.25, -0.2) is 13.1 Å². The van der Waals surface area contributed by atoms with Gasteiger partial charge in [0.2, 0.25) is 10.0 Å². The van der Waals surface area contributed by atoms with Crippen LogP contribution in [0, 0.1) is 10.1 Å². The lowest BCUT2D eigenvalue weighted by Gasteiger charge is -2.39. The number of amides is 1. The Kier molecular flexibility index (Phi) is 8.14. The highest BCUT2D eigenvalue weighted by molar-refractivity contribution is 7.89. The standard InChI is InChI=1S/C30H31N7O7S/c1-43-22-5-4-6-23(19-22)44-21-11-9-20(10-12-21)36-29(30(31)38)28-27(33-36)25(13-14-32-28)34-15-17-35(18-16-34)45(41,42)26-8-3-2-7-24(26)37(39)40/h2-12,19,25,32H,13-18H2,1H3,(H2,31,38)/t25-/m1/s1. The Morgan fingerprint density at radius 2 is 1.71 bits per heavy atom. The predicted octanol–water partition coefficient (Wildman–Crippen LogP) is 3.54. The van der Waals surface area contributed by atoms with Crippen molar-refractivity contribution in [2.45, 2.75) is 17.4 Å². The molecule has 14 nitrogen and oxygen atoms in total. The van der Waals surface area contributed by atoms with Gasteiger partial charge >= 0.3 is 0 Å². The number of primary amides is 1. The molecule has 2 aliphatic heterocycles. The number of nitrogens with zero attached hydrogens (tertiary/aromatic N) is 5. The van der Waals surface area contributed by atoms with Gasteiger partial charge < -0.3 is 20.5 Å². The first-order valence-corrected chi connectivity index (χ1v) is 15.7. The lowest BCUT2D eigenvalue weighted by Crippen LogP contribution is -2.50. The minimum Gasteiger partial charge on any atom is -0.497 e. The van der Waals surface area contributed by atoms with Gasteiger partial charge in [-0.2, -0.15) is 9.40 Å². The summed E-state index contributed by atoms with van der Waals surface area (Å²) in [5.74, 6) is 1.21. The number of methoxy groups -OCH3 is 1. The lowest BCUT2D eigenvalue weighted by atomic mass is 10.0. The molecule has 1 aromatic heterocycles.